The molecule has 0 saturated carbocycles. The Morgan fingerprint density at radius 2 is 1.74 bits per heavy atom. The van der Waals surface area contributed by atoms with Gasteiger partial charge in [0, 0.05) is 6.54 Å². The van der Waals surface area contributed by atoms with E-state index in [1.807, 2.05) is 82.3 Å². The van der Waals surface area contributed by atoms with Gasteiger partial charge in [-0.15, -0.1) is 0 Å². The molecule has 8 heteroatoms. The van der Waals surface area contributed by atoms with Crippen LogP contribution in [-0.4, -0.2) is 38.6 Å². The third kappa shape index (κ3) is 4.96. The van der Waals surface area contributed by atoms with Gasteiger partial charge in [0.15, 0.2) is 5.52 Å². The van der Waals surface area contributed by atoms with E-state index in [4.69, 9.17) is 4.74 Å². The van der Waals surface area contributed by atoms with Crippen molar-refractivity contribution in [3.05, 3.63) is 81.9 Å². The van der Waals surface area contributed by atoms with Gasteiger partial charge in [-0.05, 0) is 63.4 Å². The molecule has 0 fully saturated rings. The highest BCUT2D eigenvalue weighted by molar-refractivity contribution is 5.84. The standard InChI is InChI=1S/C27H31N5O3/c1-5-23(26(33)28-17-16-20-12-14-22(15-13-20)35-6-2)32-27(34)25-24(18(3)29-32)19(4)31(30-25)21-10-8-7-9-11-21/h7-15,23H,5-6,16-17H2,1-4H3,(H,28,33)/t23-/m1/s1. The lowest BCUT2D eigenvalue weighted by molar-refractivity contribution is -0.124. The molecule has 0 bridgehead atoms. The summed E-state index contributed by atoms with van der Waals surface area (Å²) >= 11 is 0. The van der Waals surface area contributed by atoms with E-state index in [0.717, 1.165) is 28.1 Å². The van der Waals surface area contributed by atoms with Gasteiger partial charge in [0.1, 0.15) is 11.8 Å². The number of rotatable bonds is 9. The van der Waals surface area contributed by atoms with Gasteiger partial charge in [-0.25, -0.2) is 9.36 Å². The molecule has 35 heavy (non-hydrogen) atoms. The summed E-state index contributed by atoms with van der Waals surface area (Å²) in [5, 5.41) is 12.8. The Balaban J connectivity index is 1.55. The molecule has 1 N–H and O–H groups in total. The second-order valence-electron chi connectivity index (χ2n) is 8.43. The third-order valence-corrected chi connectivity index (χ3v) is 6.08. The van der Waals surface area contributed by atoms with Gasteiger partial charge >= 0.3 is 0 Å². The molecule has 0 unspecified atom stereocenters. The summed E-state index contributed by atoms with van der Waals surface area (Å²) in [5.41, 5.74) is 3.42. The first-order valence-electron chi connectivity index (χ1n) is 12.0. The molecule has 4 rings (SSSR count). The fourth-order valence-corrected chi connectivity index (χ4v) is 4.32. The van der Waals surface area contributed by atoms with Crippen molar-refractivity contribution >= 4 is 16.8 Å². The number of aromatic nitrogens is 4. The number of nitrogens with zero attached hydrogens (tertiary/aromatic N) is 4. The second kappa shape index (κ2) is 10.5. The van der Waals surface area contributed by atoms with Crippen molar-refractivity contribution in [2.75, 3.05) is 13.2 Å². The van der Waals surface area contributed by atoms with Crippen LogP contribution in [0.15, 0.2) is 59.4 Å². The SMILES string of the molecule is CCOc1ccc(CCNC(=O)[C@@H](CC)n2nc(C)c3c(C)n(-c4ccccc4)nc3c2=O)cc1. The van der Waals surface area contributed by atoms with Crippen molar-refractivity contribution in [2.45, 2.75) is 46.6 Å². The zero-order chi connectivity index (χ0) is 24.9. The Morgan fingerprint density at radius 3 is 2.40 bits per heavy atom. The number of benzene rings is 2. The first kappa shape index (κ1) is 24.2. The number of nitrogens with one attached hydrogen (secondary N) is 1. The van der Waals surface area contributed by atoms with Crippen molar-refractivity contribution < 1.29 is 9.53 Å². The van der Waals surface area contributed by atoms with Crippen molar-refractivity contribution in [1.29, 1.82) is 0 Å². The number of hydrogen-bond donors (Lipinski definition) is 1. The minimum Gasteiger partial charge on any atom is -0.494 e. The number of para-hydroxylation sites is 1. The predicted molar refractivity (Wildman–Crippen MR) is 136 cm³/mol. The topological polar surface area (TPSA) is 91.0 Å². The first-order valence-corrected chi connectivity index (χ1v) is 12.0. The highest BCUT2D eigenvalue weighted by Crippen LogP contribution is 2.22. The Bertz CT molecular complexity index is 1370. The van der Waals surface area contributed by atoms with Crippen LogP contribution in [0.25, 0.3) is 16.6 Å². The van der Waals surface area contributed by atoms with Crippen LogP contribution < -0.4 is 15.6 Å². The molecule has 0 saturated heterocycles. The molecule has 0 aliphatic heterocycles. The lowest BCUT2D eigenvalue weighted by Gasteiger charge is -2.17. The average molecular weight is 474 g/mol. The first-order chi connectivity index (χ1) is 16.9. The number of aryl methyl sites for hydroxylation is 2. The molecule has 0 aliphatic carbocycles. The van der Waals surface area contributed by atoms with Gasteiger partial charge in [0.25, 0.3) is 5.56 Å². The predicted octanol–water partition coefficient (Wildman–Crippen LogP) is 3.91. The maximum Gasteiger partial charge on any atom is 0.295 e. The summed E-state index contributed by atoms with van der Waals surface area (Å²) in [4.78, 5) is 26.4. The molecule has 0 spiro atoms. The minimum absolute atomic E-state index is 0.231. The van der Waals surface area contributed by atoms with E-state index >= 15 is 0 Å². The van der Waals surface area contributed by atoms with Crippen molar-refractivity contribution in [3.63, 3.8) is 0 Å². The monoisotopic (exact) mass is 473 g/mol. The highest BCUT2D eigenvalue weighted by atomic mass is 16.5. The molecule has 4 aromatic rings. The molecule has 2 aromatic carbocycles. The summed E-state index contributed by atoms with van der Waals surface area (Å²) in [7, 11) is 0. The number of fused-ring (bicyclic) bond motifs is 1. The van der Waals surface area contributed by atoms with E-state index < -0.39 is 6.04 Å². The molecule has 8 nitrogen and oxygen atoms in total. The summed E-state index contributed by atoms with van der Waals surface area (Å²) in [6.45, 7) is 8.67. The molecular weight excluding hydrogens is 442 g/mol. The number of carbonyl (C=O) groups excluding carboxylic acids is 1. The van der Waals surface area contributed by atoms with Crippen molar-refractivity contribution in [3.8, 4) is 11.4 Å². The lowest BCUT2D eigenvalue weighted by Crippen LogP contribution is -2.39. The number of hydrogen-bond acceptors (Lipinski definition) is 5. The molecule has 0 aliphatic rings. The Kier molecular flexibility index (Phi) is 7.29. The van der Waals surface area contributed by atoms with Crippen LogP contribution in [0.1, 0.15) is 43.3 Å². The van der Waals surface area contributed by atoms with E-state index in [0.29, 0.717) is 37.2 Å². The fraction of sp³-hybridized carbons (Fsp3) is 0.333. The second-order valence-corrected chi connectivity index (χ2v) is 8.43. The Hall–Kier alpha value is -3.94. The van der Waals surface area contributed by atoms with E-state index in [-0.39, 0.29) is 11.5 Å². The van der Waals surface area contributed by atoms with Crippen molar-refractivity contribution in [1.82, 2.24) is 24.9 Å². The molecular formula is C27H31N5O3. The van der Waals surface area contributed by atoms with E-state index in [9.17, 15) is 9.59 Å². The smallest absolute Gasteiger partial charge is 0.295 e. The van der Waals surface area contributed by atoms with Gasteiger partial charge < -0.3 is 10.1 Å². The molecule has 2 heterocycles. The normalized spacial score (nSPS) is 12.0. The van der Waals surface area contributed by atoms with Gasteiger partial charge in [0.05, 0.1) is 29.1 Å². The zero-order valence-electron chi connectivity index (χ0n) is 20.6. The number of carbonyl (C=O) groups is 1. The summed E-state index contributed by atoms with van der Waals surface area (Å²) in [5.74, 6) is 0.596. The van der Waals surface area contributed by atoms with Gasteiger partial charge in [-0.2, -0.15) is 10.2 Å². The average Bonchev–Trinajstić information content (AvgIpc) is 3.22. The number of ether oxygens (including phenoxy) is 1. The summed E-state index contributed by atoms with van der Waals surface area (Å²) in [6.07, 6.45) is 1.11. The zero-order valence-corrected chi connectivity index (χ0v) is 20.6. The molecule has 2 aromatic heterocycles. The van der Waals surface area contributed by atoms with E-state index in [1.54, 1.807) is 4.68 Å². The van der Waals surface area contributed by atoms with Crippen LogP contribution in [0, 0.1) is 13.8 Å². The quantitative estimate of drug-likeness (QED) is 0.398. The van der Waals surface area contributed by atoms with E-state index in [2.05, 4.69) is 15.5 Å². The van der Waals surface area contributed by atoms with Crippen LogP contribution in [0.4, 0.5) is 0 Å². The van der Waals surface area contributed by atoms with Crippen LogP contribution in [0.5, 0.6) is 5.75 Å². The maximum atomic E-state index is 13.4. The third-order valence-electron chi connectivity index (χ3n) is 6.08. The molecule has 0 radical (unpaired) electrons. The molecule has 1 amide bonds. The van der Waals surface area contributed by atoms with Gasteiger partial charge in [0.2, 0.25) is 5.91 Å². The van der Waals surface area contributed by atoms with E-state index in [1.165, 1.54) is 4.68 Å². The highest BCUT2D eigenvalue weighted by Gasteiger charge is 2.25. The summed E-state index contributed by atoms with van der Waals surface area (Å²) < 4.78 is 8.50. The fourth-order valence-electron chi connectivity index (χ4n) is 4.32. The number of amides is 1. The van der Waals surface area contributed by atoms with Crippen molar-refractivity contribution in [2.24, 2.45) is 0 Å². The minimum atomic E-state index is -0.715. The van der Waals surface area contributed by atoms with Crippen LogP contribution in [-0.2, 0) is 11.2 Å². The molecule has 182 valence electrons. The van der Waals surface area contributed by atoms with Crippen LogP contribution in [0.2, 0.25) is 0 Å². The Morgan fingerprint density at radius 1 is 1.03 bits per heavy atom. The van der Waals surface area contributed by atoms with Crippen LogP contribution in [0.3, 0.4) is 0 Å². The maximum absolute atomic E-state index is 13.4. The summed E-state index contributed by atoms with van der Waals surface area (Å²) in [6, 6.07) is 16.8. The van der Waals surface area contributed by atoms with Gasteiger partial charge in [-0.1, -0.05) is 37.3 Å². The van der Waals surface area contributed by atoms with Gasteiger partial charge in [-0.3, -0.25) is 9.59 Å². The van der Waals surface area contributed by atoms with Crippen LogP contribution >= 0.6 is 0 Å². The lowest BCUT2D eigenvalue weighted by atomic mass is 10.1. The molecule has 1 atom stereocenters. The largest absolute Gasteiger partial charge is 0.494 e. The Labute approximate surface area is 204 Å².